The average Bonchev–Trinajstić information content (AvgIpc) is 2.77. The van der Waals surface area contributed by atoms with Crippen molar-refractivity contribution in [2.24, 2.45) is 0 Å². The SMILES string of the molecule is CCOCc1c(COCC)c(C)c2cc3c(C)c4ccccc4c(C)c3cc2c1C. The van der Waals surface area contributed by atoms with Gasteiger partial charge >= 0.3 is 0 Å². The van der Waals surface area contributed by atoms with Crippen LogP contribution in [-0.4, -0.2) is 13.2 Å². The molecule has 0 aromatic heterocycles. The van der Waals surface area contributed by atoms with Gasteiger partial charge in [0.2, 0.25) is 0 Å². The van der Waals surface area contributed by atoms with Gasteiger partial charge in [-0.05, 0) is 119 Å². The summed E-state index contributed by atoms with van der Waals surface area (Å²) in [6.07, 6.45) is 0. The molecule has 0 N–H and O–H groups in total. The summed E-state index contributed by atoms with van der Waals surface area (Å²) in [7, 11) is 0. The van der Waals surface area contributed by atoms with E-state index in [0.29, 0.717) is 26.4 Å². The zero-order valence-corrected chi connectivity index (χ0v) is 19.1. The van der Waals surface area contributed by atoms with Gasteiger partial charge in [-0.1, -0.05) is 24.3 Å². The second-order valence-corrected chi connectivity index (χ2v) is 8.22. The fraction of sp³-hybridized carbons (Fsp3) is 0.357. The Balaban J connectivity index is 2.11. The van der Waals surface area contributed by atoms with Gasteiger partial charge in [0.05, 0.1) is 13.2 Å². The topological polar surface area (TPSA) is 18.5 Å². The van der Waals surface area contributed by atoms with Crippen LogP contribution < -0.4 is 0 Å². The zero-order chi connectivity index (χ0) is 21.4. The van der Waals surface area contributed by atoms with Crippen LogP contribution in [0.1, 0.15) is 47.2 Å². The molecule has 0 bridgehead atoms. The predicted molar refractivity (Wildman–Crippen MR) is 129 cm³/mol. The van der Waals surface area contributed by atoms with E-state index < -0.39 is 0 Å². The molecular formula is C28H32O2. The summed E-state index contributed by atoms with van der Waals surface area (Å²) < 4.78 is 11.7. The van der Waals surface area contributed by atoms with E-state index in [4.69, 9.17) is 9.47 Å². The van der Waals surface area contributed by atoms with Crippen LogP contribution in [0.4, 0.5) is 0 Å². The van der Waals surface area contributed by atoms with Crippen LogP contribution in [0.5, 0.6) is 0 Å². The fourth-order valence-corrected chi connectivity index (χ4v) is 4.84. The summed E-state index contributed by atoms with van der Waals surface area (Å²) in [6.45, 7) is 15.8. The first-order valence-electron chi connectivity index (χ1n) is 11.0. The lowest BCUT2D eigenvalue weighted by molar-refractivity contribution is 0.119. The Labute approximate surface area is 179 Å². The number of benzene rings is 4. The van der Waals surface area contributed by atoms with Crippen LogP contribution in [0.15, 0.2) is 36.4 Å². The highest BCUT2D eigenvalue weighted by atomic mass is 16.5. The van der Waals surface area contributed by atoms with Crippen molar-refractivity contribution in [3.63, 3.8) is 0 Å². The van der Waals surface area contributed by atoms with Crippen LogP contribution >= 0.6 is 0 Å². The second-order valence-electron chi connectivity index (χ2n) is 8.22. The molecule has 0 radical (unpaired) electrons. The predicted octanol–water partition coefficient (Wildman–Crippen LogP) is 7.45. The normalized spacial score (nSPS) is 11.8. The molecule has 4 rings (SSSR count). The van der Waals surface area contributed by atoms with Gasteiger partial charge in [-0.2, -0.15) is 0 Å². The Bertz CT molecular complexity index is 1150. The Kier molecular flexibility index (Phi) is 5.81. The number of ether oxygens (including phenoxy) is 2. The van der Waals surface area contributed by atoms with Crippen molar-refractivity contribution in [3.05, 3.63) is 69.8 Å². The fourth-order valence-electron chi connectivity index (χ4n) is 4.84. The first-order chi connectivity index (χ1) is 14.5. The van der Waals surface area contributed by atoms with E-state index in [-0.39, 0.29) is 0 Å². The molecule has 2 heteroatoms. The Morgan fingerprint density at radius 3 is 1.27 bits per heavy atom. The molecule has 0 amide bonds. The van der Waals surface area contributed by atoms with E-state index in [9.17, 15) is 0 Å². The second kappa shape index (κ2) is 8.37. The Hall–Kier alpha value is -2.42. The average molecular weight is 401 g/mol. The molecule has 156 valence electrons. The minimum atomic E-state index is 0.634. The summed E-state index contributed by atoms with van der Waals surface area (Å²) in [4.78, 5) is 0. The number of hydrogen-bond donors (Lipinski definition) is 0. The number of rotatable bonds is 6. The maximum Gasteiger partial charge on any atom is 0.0723 e. The molecule has 0 saturated heterocycles. The quantitative estimate of drug-likeness (QED) is 0.313. The van der Waals surface area contributed by atoms with Crippen LogP contribution in [0.2, 0.25) is 0 Å². The lowest BCUT2D eigenvalue weighted by Crippen LogP contribution is -2.07. The van der Waals surface area contributed by atoms with Crippen molar-refractivity contribution < 1.29 is 9.47 Å². The van der Waals surface area contributed by atoms with Gasteiger partial charge in [0.15, 0.2) is 0 Å². The first-order valence-corrected chi connectivity index (χ1v) is 11.0. The molecule has 4 aromatic rings. The van der Waals surface area contributed by atoms with Crippen molar-refractivity contribution in [1.82, 2.24) is 0 Å². The van der Waals surface area contributed by atoms with Gasteiger partial charge in [0.25, 0.3) is 0 Å². The largest absolute Gasteiger partial charge is 0.377 e. The van der Waals surface area contributed by atoms with Gasteiger partial charge in [0.1, 0.15) is 0 Å². The number of fused-ring (bicyclic) bond motifs is 3. The highest BCUT2D eigenvalue weighted by molar-refractivity contribution is 6.11. The van der Waals surface area contributed by atoms with Crippen molar-refractivity contribution in [2.45, 2.75) is 54.8 Å². The maximum atomic E-state index is 5.86. The van der Waals surface area contributed by atoms with Gasteiger partial charge in [-0.3, -0.25) is 0 Å². The molecule has 0 fully saturated rings. The molecule has 4 aromatic carbocycles. The van der Waals surface area contributed by atoms with Crippen molar-refractivity contribution in [3.8, 4) is 0 Å². The molecule has 0 aliphatic carbocycles. The molecule has 0 heterocycles. The summed E-state index contributed by atoms with van der Waals surface area (Å²) in [5.41, 5.74) is 7.90. The molecule has 0 spiro atoms. The molecular weight excluding hydrogens is 368 g/mol. The molecule has 0 saturated carbocycles. The lowest BCUT2D eigenvalue weighted by atomic mass is 9.86. The van der Waals surface area contributed by atoms with Crippen molar-refractivity contribution in [1.29, 1.82) is 0 Å². The molecule has 0 aliphatic rings. The summed E-state index contributed by atoms with van der Waals surface area (Å²) in [5.74, 6) is 0. The van der Waals surface area contributed by atoms with Crippen molar-refractivity contribution >= 4 is 32.3 Å². The summed E-state index contributed by atoms with van der Waals surface area (Å²) >= 11 is 0. The van der Waals surface area contributed by atoms with E-state index in [1.54, 1.807) is 0 Å². The van der Waals surface area contributed by atoms with Crippen LogP contribution in [0.25, 0.3) is 32.3 Å². The summed E-state index contributed by atoms with van der Waals surface area (Å²) in [5, 5.41) is 8.04. The van der Waals surface area contributed by atoms with Crippen molar-refractivity contribution in [2.75, 3.05) is 13.2 Å². The van der Waals surface area contributed by atoms with Crippen LogP contribution in [0, 0.1) is 27.7 Å². The molecule has 0 unspecified atom stereocenters. The van der Waals surface area contributed by atoms with Gasteiger partial charge in [-0.25, -0.2) is 0 Å². The smallest absolute Gasteiger partial charge is 0.0723 e. The minimum absolute atomic E-state index is 0.634. The molecule has 2 nitrogen and oxygen atoms in total. The number of aryl methyl sites for hydroxylation is 4. The minimum Gasteiger partial charge on any atom is -0.377 e. The first kappa shape index (κ1) is 20.8. The highest BCUT2D eigenvalue weighted by Gasteiger charge is 2.17. The van der Waals surface area contributed by atoms with E-state index in [1.165, 1.54) is 65.7 Å². The van der Waals surface area contributed by atoms with E-state index in [2.05, 4.69) is 77.9 Å². The third kappa shape index (κ3) is 3.29. The lowest BCUT2D eigenvalue weighted by Gasteiger charge is -2.21. The Morgan fingerprint density at radius 2 is 0.900 bits per heavy atom. The highest BCUT2D eigenvalue weighted by Crippen LogP contribution is 2.38. The standard InChI is InChI=1S/C28H32O2/c1-7-29-15-27-19(5)25-13-23-17(3)21-11-9-10-12-22(21)18(4)24(23)14-26(25)20(6)28(27)16-30-8-2/h9-14H,7-8,15-16H2,1-6H3. The third-order valence-electron chi connectivity index (χ3n) is 6.68. The van der Waals surface area contributed by atoms with E-state index in [0.717, 1.165) is 0 Å². The molecule has 30 heavy (non-hydrogen) atoms. The summed E-state index contributed by atoms with van der Waals surface area (Å²) in [6, 6.07) is 13.6. The van der Waals surface area contributed by atoms with Gasteiger partial charge in [0, 0.05) is 13.2 Å². The van der Waals surface area contributed by atoms with Gasteiger partial charge < -0.3 is 9.47 Å². The number of hydrogen-bond acceptors (Lipinski definition) is 2. The maximum absolute atomic E-state index is 5.86. The van der Waals surface area contributed by atoms with Crippen LogP contribution in [0.3, 0.4) is 0 Å². The molecule has 0 atom stereocenters. The molecule has 0 aliphatic heterocycles. The van der Waals surface area contributed by atoms with Gasteiger partial charge in [-0.15, -0.1) is 0 Å². The monoisotopic (exact) mass is 400 g/mol. The van der Waals surface area contributed by atoms with E-state index >= 15 is 0 Å². The third-order valence-corrected chi connectivity index (χ3v) is 6.68. The van der Waals surface area contributed by atoms with E-state index in [1.807, 2.05) is 0 Å². The zero-order valence-electron chi connectivity index (χ0n) is 19.1. The Morgan fingerprint density at radius 1 is 0.533 bits per heavy atom. The van der Waals surface area contributed by atoms with Crippen LogP contribution in [-0.2, 0) is 22.7 Å².